The topological polar surface area (TPSA) is 58.2 Å². The van der Waals surface area contributed by atoms with Gasteiger partial charge in [0.25, 0.3) is 0 Å². The van der Waals surface area contributed by atoms with Gasteiger partial charge in [-0.15, -0.1) is 0 Å². The van der Waals surface area contributed by atoms with Gasteiger partial charge in [0.2, 0.25) is 10.0 Å². The molecule has 100 valence electrons. The fraction of sp³-hybridized carbons (Fsp3) is 0.455. The molecule has 1 aromatic rings. The number of hydrogen-bond acceptors (Lipinski definition) is 3. The molecule has 1 saturated heterocycles. The van der Waals surface area contributed by atoms with Crippen LogP contribution in [0.5, 0.6) is 0 Å². The second-order valence-corrected chi connectivity index (χ2v) is 7.69. The lowest BCUT2D eigenvalue weighted by Crippen LogP contribution is -2.45. The molecule has 0 amide bonds. The Morgan fingerprint density at radius 2 is 2.11 bits per heavy atom. The monoisotopic (exact) mass is 396 g/mol. The minimum Gasteiger partial charge on any atom is -0.315 e. The van der Waals surface area contributed by atoms with Crippen LogP contribution in [0.3, 0.4) is 0 Å². The number of halogens is 2. The Kier molecular flexibility index (Phi) is 4.82. The number of benzene rings is 1. The molecular weight excluding hydrogens is 384 g/mol. The first-order valence-electron chi connectivity index (χ1n) is 5.67. The molecule has 1 heterocycles. The quantitative estimate of drug-likeness (QED) is 0.822. The van der Waals surface area contributed by atoms with Crippen LogP contribution in [0.15, 0.2) is 32.0 Å². The summed E-state index contributed by atoms with van der Waals surface area (Å²) < 4.78 is 28.6. The number of piperidine rings is 1. The molecule has 1 atom stereocenters. The fourth-order valence-electron chi connectivity index (χ4n) is 1.93. The average Bonchev–Trinajstić information content (AvgIpc) is 2.29. The van der Waals surface area contributed by atoms with E-state index < -0.39 is 10.0 Å². The van der Waals surface area contributed by atoms with E-state index in [2.05, 4.69) is 41.9 Å². The van der Waals surface area contributed by atoms with Crippen molar-refractivity contribution in [2.45, 2.75) is 23.8 Å². The molecule has 2 N–H and O–H groups in total. The number of hydrogen-bond donors (Lipinski definition) is 2. The fourth-order valence-corrected chi connectivity index (χ4v) is 4.94. The highest BCUT2D eigenvalue weighted by atomic mass is 79.9. The molecule has 1 aromatic carbocycles. The Morgan fingerprint density at radius 3 is 2.72 bits per heavy atom. The van der Waals surface area contributed by atoms with E-state index in [1.54, 1.807) is 18.2 Å². The highest BCUT2D eigenvalue weighted by Crippen LogP contribution is 2.26. The first kappa shape index (κ1) is 14.5. The smallest absolute Gasteiger partial charge is 0.241 e. The van der Waals surface area contributed by atoms with Crippen LogP contribution >= 0.6 is 31.9 Å². The van der Waals surface area contributed by atoms with Gasteiger partial charge in [-0.2, -0.15) is 0 Å². The maximum Gasteiger partial charge on any atom is 0.241 e. The number of sulfonamides is 1. The second kappa shape index (κ2) is 6.00. The van der Waals surface area contributed by atoms with E-state index in [4.69, 9.17) is 0 Å². The van der Waals surface area contributed by atoms with Gasteiger partial charge in [0, 0.05) is 21.5 Å². The first-order valence-corrected chi connectivity index (χ1v) is 8.74. The molecule has 2 rings (SSSR count). The Morgan fingerprint density at radius 1 is 1.33 bits per heavy atom. The predicted octanol–water partition coefficient (Wildman–Crippen LogP) is 2.24. The van der Waals surface area contributed by atoms with E-state index >= 15 is 0 Å². The average molecular weight is 398 g/mol. The zero-order valence-corrected chi connectivity index (χ0v) is 13.6. The molecule has 1 aliphatic rings. The van der Waals surface area contributed by atoms with E-state index in [-0.39, 0.29) is 10.9 Å². The van der Waals surface area contributed by atoms with Crippen molar-refractivity contribution in [2.75, 3.05) is 13.1 Å². The van der Waals surface area contributed by atoms with Crippen molar-refractivity contribution in [3.63, 3.8) is 0 Å². The second-order valence-electron chi connectivity index (χ2n) is 4.24. The molecular formula is C11H14Br2N2O2S. The Bertz CT molecular complexity index is 528. The van der Waals surface area contributed by atoms with Crippen molar-refractivity contribution in [3.05, 3.63) is 27.1 Å². The van der Waals surface area contributed by atoms with Gasteiger partial charge < -0.3 is 5.32 Å². The van der Waals surface area contributed by atoms with Gasteiger partial charge in [-0.1, -0.05) is 15.9 Å². The van der Waals surface area contributed by atoms with Crippen molar-refractivity contribution < 1.29 is 8.42 Å². The third-order valence-electron chi connectivity index (χ3n) is 2.80. The molecule has 18 heavy (non-hydrogen) atoms. The SMILES string of the molecule is O=S(=O)(N[C@H]1CCCNC1)c1ccc(Br)cc1Br. The van der Waals surface area contributed by atoms with E-state index in [1.807, 2.05) is 0 Å². The summed E-state index contributed by atoms with van der Waals surface area (Å²) in [4.78, 5) is 0.274. The summed E-state index contributed by atoms with van der Waals surface area (Å²) in [7, 11) is -3.47. The molecule has 0 saturated carbocycles. The van der Waals surface area contributed by atoms with Crippen LogP contribution in [-0.2, 0) is 10.0 Å². The summed E-state index contributed by atoms with van der Waals surface area (Å²) in [5.41, 5.74) is 0. The summed E-state index contributed by atoms with van der Waals surface area (Å²) in [6, 6.07) is 5.01. The predicted molar refractivity (Wildman–Crippen MR) is 78.1 cm³/mol. The zero-order valence-electron chi connectivity index (χ0n) is 9.62. The van der Waals surface area contributed by atoms with Gasteiger partial charge in [0.05, 0.1) is 4.90 Å². The molecule has 0 aromatic heterocycles. The van der Waals surface area contributed by atoms with Crippen LogP contribution in [0, 0.1) is 0 Å². The maximum absolute atomic E-state index is 12.2. The van der Waals surface area contributed by atoms with Gasteiger partial charge in [0.15, 0.2) is 0 Å². The van der Waals surface area contributed by atoms with Gasteiger partial charge in [0.1, 0.15) is 0 Å². The molecule has 4 nitrogen and oxygen atoms in total. The minimum absolute atomic E-state index is 0.0284. The standard InChI is InChI=1S/C11H14Br2N2O2S/c12-8-3-4-11(10(13)6-8)18(16,17)15-9-2-1-5-14-7-9/h3-4,6,9,14-15H,1-2,5,7H2/t9-/m0/s1. The minimum atomic E-state index is -3.47. The summed E-state index contributed by atoms with van der Waals surface area (Å²) >= 11 is 6.59. The first-order chi connectivity index (χ1) is 8.49. The summed E-state index contributed by atoms with van der Waals surface area (Å²) in [6.07, 6.45) is 1.87. The van der Waals surface area contributed by atoms with Gasteiger partial charge >= 0.3 is 0 Å². The van der Waals surface area contributed by atoms with Crippen LogP contribution in [0.25, 0.3) is 0 Å². The molecule has 0 radical (unpaired) electrons. The highest BCUT2D eigenvalue weighted by molar-refractivity contribution is 9.11. The van der Waals surface area contributed by atoms with Crippen molar-refractivity contribution in [2.24, 2.45) is 0 Å². The maximum atomic E-state index is 12.2. The lowest BCUT2D eigenvalue weighted by Gasteiger charge is -2.23. The van der Waals surface area contributed by atoms with Gasteiger partial charge in [-0.05, 0) is 53.5 Å². The molecule has 0 bridgehead atoms. The summed E-state index contributed by atoms with van der Waals surface area (Å²) in [6.45, 7) is 1.65. The highest BCUT2D eigenvalue weighted by Gasteiger charge is 2.23. The summed E-state index contributed by atoms with van der Waals surface area (Å²) in [5.74, 6) is 0. The number of rotatable bonds is 3. The van der Waals surface area contributed by atoms with Crippen molar-refractivity contribution in [1.29, 1.82) is 0 Å². The normalized spacial score (nSPS) is 20.9. The van der Waals surface area contributed by atoms with Crippen LogP contribution in [-0.4, -0.2) is 27.5 Å². The van der Waals surface area contributed by atoms with E-state index in [1.165, 1.54) is 0 Å². The van der Waals surface area contributed by atoms with E-state index in [0.717, 1.165) is 23.9 Å². The molecule has 1 aliphatic heterocycles. The van der Waals surface area contributed by atoms with Crippen molar-refractivity contribution >= 4 is 41.9 Å². The molecule has 0 unspecified atom stereocenters. The molecule has 0 aliphatic carbocycles. The molecule has 7 heteroatoms. The third kappa shape index (κ3) is 3.54. The molecule has 0 spiro atoms. The van der Waals surface area contributed by atoms with Gasteiger partial charge in [-0.25, -0.2) is 13.1 Å². The van der Waals surface area contributed by atoms with Crippen molar-refractivity contribution in [3.8, 4) is 0 Å². The van der Waals surface area contributed by atoms with E-state index in [9.17, 15) is 8.42 Å². The largest absolute Gasteiger partial charge is 0.315 e. The summed E-state index contributed by atoms with van der Waals surface area (Å²) in [5, 5.41) is 3.19. The van der Waals surface area contributed by atoms with E-state index in [0.29, 0.717) is 11.0 Å². The van der Waals surface area contributed by atoms with Gasteiger partial charge in [-0.3, -0.25) is 0 Å². The third-order valence-corrected chi connectivity index (χ3v) is 5.79. The lowest BCUT2D eigenvalue weighted by molar-refractivity contribution is 0.428. The number of nitrogens with one attached hydrogen (secondary N) is 2. The lowest BCUT2D eigenvalue weighted by atomic mass is 10.1. The Hall–Kier alpha value is 0.0500. The van der Waals surface area contributed by atoms with Crippen LogP contribution in [0.1, 0.15) is 12.8 Å². The Labute approximate surface area is 124 Å². The van der Waals surface area contributed by atoms with Crippen molar-refractivity contribution in [1.82, 2.24) is 10.0 Å². The van der Waals surface area contributed by atoms with Crippen LogP contribution < -0.4 is 10.0 Å². The Balaban J connectivity index is 2.19. The van der Waals surface area contributed by atoms with Crippen LogP contribution in [0.4, 0.5) is 0 Å². The van der Waals surface area contributed by atoms with Crippen LogP contribution in [0.2, 0.25) is 0 Å². The zero-order chi connectivity index (χ0) is 13.2. The molecule has 1 fully saturated rings.